The Morgan fingerprint density at radius 1 is 1.11 bits per heavy atom. The van der Waals surface area contributed by atoms with E-state index >= 15 is 0 Å². The van der Waals surface area contributed by atoms with Gasteiger partial charge in [-0.05, 0) is 50.2 Å². The van der Waals surface area contributed by atoms with Crippen LogP contribution in [0.3, 0.4) is 0 Å². The van der Waals surface area contributed by atoms with Gasteiger partial charge in [-0.3, -0.25) is 4.79 Å². The number of esters is 1. The molecule has 1 N–H and O–H groups in total. The van der Waals surface area contributed by atoms with Crippen molar-refractivity contribution in [2.45, 2.75) is 25.3 Å². The molecule has 8 nitrogen and oxygen atoms in total. The van der Waals surface area contributed by atoms with Crippen molar-refractivity contribution in [2.75, 3.05) is 19.7 Å². The number of nitrogens with zero attached hydrogens (tertiary/aromatic N) is 1. The van der Waals surface area contributed by atoms with E-state index in [2.05, 4.69) is 4.72 Å². The predicted molar refractivity (Wildman–Crippen MR) is 97.4 cm³/mol. The molecule has 1 amide bonds. The van der Waals surface area contributed by atoms with E-state index in [1.165, 1.54) is 30.5 Å². The maximum atomic E-state index is 12.2. The number of benzene rings is 1. The number of sulfonamides is 1. The molecule has 0 saturated carbocycles. The molecular formula is C18H22N2O6S. The third kappa shape index (κ3) is 5.66. The molecule has 0 radical (unpaired) electrons. The van der Waals surface area contributed by atoms with Gasteiger partial charge in [-0.25, -0.2) is 17.9 Å². The fraction of sp³-hybridized carbons (Fsp3) is 0.333. The van der Waals surface area contributed by atoms with Gasteiger partial charge in [-0.15, -0.1) is 0 Å². The largest absolute Gasteiger partial charge is 0.468 e. The number of hydrogen-bond donors (Lipinski definition) is 1. The lowest BCUT2D eigenvalue weighted by Crippen LogP contribution is -2.34. The van der Waals surface area contributed by atoms with Crippen LogP contribution in [0.5, 0.6) is 0 Å². The van der Waals surface area contributed by atoms with Crippen molar-refractivity contribution >= 4 is 21.9 Å². The van der Waals surface area contributed by atoms with Crippen LogP contribution in [0.25, 0.3) is 0 Å². The van der Waals surface area contributed by atoms with Gasteiger partial charge in [0.05, 0.1) is 23.3 Å². The molecular weight excluding hydrogens is 372 g/mol. The molecule has 2 aromatic rings. The van der Waals surface area contributed by atoms with Crippen LogP contribution >= 0.6 is 0 Å². The van der Waals surface area contributed by atoms with Gasteiger partial charge in [0, 0.05) is 13.1 Å². The molecule has 2 rings (SSSR count). The Morgan fingerprint density at radius 3 is 2.33 bits per heavy atom. The number of nitrogens with one attached hydrogen (secondary N) is 1. The molecule has 0 unspecified atom stereocenters. The first kappa shape index (κ1) is 20.7. The second-order valence-corrected chi connectivity index (χ2v) is 7.34. The van der Waals surface area contributed by atoms with E-state index in [0.29, 0.717) is 18.8 Å². The third-order valence-corrected chi connectivity index (χ3v) is 5.28. The van der Waals surface area contributed by atoms with Crippen LogP contribution in [-0.4, -0.2) is 44.9 Å². The van der Waals surface area contributed by atoms with Gasteiger partial charge in [0.2, 0.25) is 10.0 Å². The van der Waals surface area contributed by atoms with Gasteiger partial charge < -0.3 is 14.1 Å². The lowest BCUT2D eigenvalue weighted by molar-refractivity contribution is -0.134. The van der Waals surface area contributed by atoms with Crippen molar-refractivity contribution in [3.8, 4) is 0 Å². The molecule has 0 aliphatic heterocycles. The molecule has 9 heteroatoms. The summed E-state index contributed by atoms with van der Waals surface area (Å²) in [6.45, 7) is 4.40. The lowest BCUT2D eigenvalue weighted by atomic mass is 10.2. The molecule has 27 heavy (non-hydrogen) atoms. The number of furan rings is 1. The number of carbonyl (C=O) groups is 2. The van der Waals surface area contributed by atoms with E-state index in [9.17, 15) is 18.0 Å². The summed E-state index contributed by atoms with van der Waals surface area (Å²) < 4.78 is 37.0. The molecule has 0 spiro atoms. The van der Waals surface area contributed by atoms with Crippen molar-refractivity contribution in [1.29, 1.82) is 0 Å². The van der Waals surface area contributed by atoms with Crippen molar-refractivity contribution < 1.29 is 27.2 Å². The van der Waals surface area contributed by atoms with Gasteiger partial charge in [-0.2, -0.15) is 0 Å². The van der Waals surface area contributed by atoms with E-state index < -0.39 is 16.0 Å². The van der Waals surface area contributed by atoms with E-state index in [4.69, 9.17) is 9.15 Å². The summed E-state index contributed by atoms with van der Waals surface area (Å²) in [6, 6.07) is 8.59. The normalized spacial score (nSPS) is 11.2. The molecule has 0 fully saturated rings. The first-order valence-corrected chi connectivity index (χ1v) is 9.92. The minimum absolute atomic E-state index is 0.00447. The van der Waals surface area contributed by atoms with E-state index in [-0.39, 0.29) is 29.5 Å². The third-order valence-electron chi connectivity index (χ3n) is 3.86. The second kappa shape index (κ2) is 9.33. The number of amides is 1. The van der Waals surface area contributed by atoms with E-state index in [0.717, 1.165) is 0 Å². The van der Waals surface area contributed by atoms with Gasteiger partial charge in [0.1, 0.15) is 5.76 Å². The first-order chi connectivity index (χ1) is 12.9. The number of hydrogen-bond acceptors (Lipinski definition) is 6. The summed E-state index contributed by atoms with van der Waals surface area (Å²) in [7, 11) is -3.75. The molecule has 146 valence electrons. The number of ether oxygens (including phenoxy) is 1. The molecule has 1 aromatic carbocycles. The van der Waals surface area contributed by atoms with Crippen LogP contribution < -0.4 is 4.72 Å². The van der Waals surface area contributed by atoms with Crippen molar-refractivity contribution in [3.05, 3.63) is 54.0 Å². The van der Waals surface area contributed by atoms with Crippen LogP contribution in [0.15, 0.2) is 52.0 Å². The Bertz CT molecular complexity index is 856. The lowest BCUT2D eigenvalue weighted by Gasteiger charge is -2.18. The van der Waals surface area contributed by atoms with E-state index in [1.807, 2.05) is 13.8 Å². The first-order valence-electron chi connectivity index (χ1n) is 8.44. The van der Waals surface area contributed by atoms with Crippen molar-refractivity contribution in [3.63, 3.8) is 0 Å². The summed E-state index contributed by atoms with van der Waals surface area (Å²) >= 11 is 0. The van der Waals surface area contributed by atoms with Crippen LogP contribution in [0, 0.1) is 0 Å². The fourth-order valence-electron chi connectivity index (χ4n) is 2.31. The van der Waals surface area contributed by atoms with Crippen LogP contribution in [0.4, 0.5) is 0 Å². The summed E-state index contributed by atoms with van der Waals surface area (Å²) in [5.41, 5.74) is 0.160. The minimum Gasteiger partial charge on any atom is -0.468 e. The average molecular weight is 394 g/mol. The highest BCUT2D eigenvalue weighted by atomic mass is 32.2. The zero-order chi connectivity index (χ0) is 19.9. The molecule has 1 aromatic heterocycles. The molecule has 0 bridgehead atoms. The van der Waals surface area contributed by atoms with Gasteiger partial charge in [0.25, 0.3) is 5.91 Å². The highest BCUT2D eigenvalue weighted by Crippen LogP contribution is 2.12. The van der Waals surface area contributed by atoms with Crippen LogP contribution in [0.1, 0.15) is 30.0 Å². The molecule has 1 heterocycles. The summed E-state index contributed by atoms with van der Waals surface area (Å²) in [6.07, 6.45) is 1.45. The monoisotopic (exact) mass is 394 g/mol. The number of rotatable bonds is 9. The van der Waals surface area contributed by atoms with Gasteiger partial charge in [0.15, 0.2) is 6.61 Å². The zero-order valence-corrected chi connectivity index (χ0v) is 16.0. The van der Waals surface area contributed by atoms with Crippen molar-refractivity contribution in [1.82, 2.24) is 9.62 Å². The van der Waals surface area contributed by atoms with E-state index in [1.54, 1.807) is 17.0 Å². The summed E-state index contributed by atoms with van der Waals surface area (Å²) in [5, 5.41) is 0. The second-order valence-electron chi connectivity index (χ2n) is 5.57. The average Bonchev–Trinajstić information content (AvgIpc) is 3.19. The Kier molecular flexibility index (Phi) is 7.14. The Balaban J connectivity index is 1.95. The summed E-state index contributed by atoms with van der Waals surface area (Å²) in [4.78, 5) is 25.4. The molecule has 0 aliphatic carbocycles. The van der Waals surface area contributed by atoms with Gasteiger partial charge >= 0.3 is 5.97 Å². The maximum Gasteiger partial charge on any atom is 0.338 e. The zero-order valence-electron chi connectivity index (χ0n) is 15.2. The Morgan fingerprint density at radius 2 is 1.78 bits per heavy atom. The Labute approximate surface area is 158 Å². The summed E-state index contributed by atoms with van der Waals surface area (Å²) in [5.74, 6) is -0.491. The van der Waals surface area contributed by atoms with Crippen molar-refractivity contribution in [2.24, 2.45) is 0 Å². The predicted octanol–water partition coefficient (Wildman–Crippen LogP) is 1.78. The minimum atomic E-state index is -3.75. The molecule has 0 saturated heterocycles. The molecule has 0 atom stereocenters. The Hall–Kier alpha value is -2.65. The highest BCUT2D eigenvalue weighted by molar-refractivity contribution is 7.89. The van der Waals surface area contributed by atoms with Crippen LogP contribution in [0.2, 0.25) is 0 Å². The smallest absolute Gasteiger partial charge is 0.338 e. The van der Waals surface area contributed by atoms with Gasteiger partial charge in [-0.1, -0.05) is 0 Å². The highest BCUT2D eigenvalue weighted by Gasteiger charge is 2.17. The standard InChI is InChI=1S/C18H22N2O6S/c1-3-20(4-2)17(21)13-26-18(22)14-7-9-16(10-8-14)27(23,24)19-12-15-6-5-11-25-15/h5-11,19H,3-4,12-13H2,1-2H3. The maximum absolute atomic E-state index is 12.2. The van der Waals surface area contributed by atoms with Crippen LogP contribution in [-0.2, 0) is 26.1 Å². The number of carbonyl (C=O) groups excluding carboxylic acids is 2. The fourth-order valence-corrected chi connectivity index (χ4v) is 3.30. The SMILES string of the molecule is CCN(CC)C(=O)COC(=O)c1ccc(S(=O)(=O)NCc2ccco2)cc1. The topological polar surface area (TPSA) is 106 Å². The number of likely N-dealkylation sites (N-methyl/N-ethyl adjacent to an activating group) is 1. The quantitative estimate of drug-likeness (QED) is 0.650. The molecule has 0 aliphatic rings.